The smallest absolute Gasteiger partial charge is 0.467 e. The highest BCUT2D eigenvalue weighted by Crippen LogP contribution is 2.27. The zero-order chi connectivity index (χ0) is 40.9. The second kappa shape index (κ2) is 25.5. The molecule has 9 nitrogen and oxygen atoms in total. The van der Waals surface area contributed by atoms with Crippen LogP contribution in [0.2, 0.25) is 0 Å². The number of fused-ring (bicyclic) bond motifs is 6. The van der Waals surface area contributed by atoms with E-state index >= 15 is 0 Å². The first-order valence-corrected chi connectivity index (χ1v) is 23.9. The lowest BCUT2D eigenvalue weighted by Gasteiger charge is -2.32. The van der Waals surface area contributed by atoms with Crippen molar-refractivity contribution in [2.75, 3.05) is 39.6 Å². The number of benzene rings is 3. The van der Waals surface area contributed by atoms with Gasteiger partial charge in [-0.3, -0.25) is 0 Å². The molecule has 0 atom stereocenters. The first-order chi connectivity index (χ1) is 29.7. The van der Waals surface area contributed by atoms with Gasteiger partial charge in [0.05, 0.1) is 39.6 Å². The predicted octanol–water partition coefficient (Wildman–Crippen LogP) is 9.91. The van der Waals surface area contributed by atoms with Crippen molar-refractivity contribution in [3.8, 4) is 34.5 Å². The molecule has 3 aromatic carbocycles. The molecule has 12 heteroatoms. The first-order valence-electron chi connectivity index (χ1n) is 23.9. The summed E-state index contributed by atoms with van der Waals surface area (Å²) in [7, 11) is -2.44. The minimum atomic E-state index is -0.813. The van der Waals surface area contributed by atoms with Gasteiger partial charge in [0.25, 0.3) is 0 Å². The fourth-order valence-electron chi connectivity index (χ4n) is 8.53. The molecule has 0 aromatic heterocycles. The largest absolute Gasteiger partial charge is 0.493 e. The van der Waals surface area contributed by atoms with Gasteiger partial charge in [-0.2, -0.15) is 0 Å². The molecular formula is C48H69B3O9. The van der Waals surface area contributed by atoms with Crippen molar-refractivity contribution in [1.82, 2.24) is 0 Å². The van der Waals surface area contributed by atoms with E-state index in [1.807, 2.05) is 54.6 Å². The van der Waals surface area contributed by atoms with Gasteiger partial charge in [0, 0.05) is 18.2 Å². The van der Waals surface area contributed by atoms with Gasteiger partial charge in [0.15, 0.2) is 0 Å². The topological polar surface area (TPSA) is 83.1 Å². The molecule has 3 aromatic rings. The highest BCUT2D eigenvalue weighted by molar-refractivity contribution is 6.87. The third-order valence-electron chi connectivity index (χ3n) is 12.0. The Bertz CT molecular complexity index is 1400. The molecule has 0 spiro atoms. The number of rotatable bonds is 0. The van der Waals surface area contributed by atoms with Crippen LogP contribution in [0, 0.1) is 0 Å². The molecule has 4 aliphatic heterocycles. The van der Waals surface area contributed by atoms with Gasteiger partial charge >= 0.3 is 21.4 Å². The van der Waals surface area contributed by atoms with Gasteiger partial charge in [0.1, 0.15) is 34.5 Å². The third kappa shape index (κ3) is 15.2. The summed E-state index contributed by atoms with van der Waals surface area (Å²) in [5, 5.41) is 0. The minimum Gasteiger partial charge on any atom is -0.493 e. The minimum absolute atomic E-state index is 0.645. The zero-order valence-corrected chi connectivity index (χ0v) is 36.3. The van der Waals surface area contributed by atoms with E-state index in [9.17, 15) is 0 Å². The van der Waals surface area contributed by atoms with Crippen LogP contribution in [0.25, 0.3) is 0 Å². The van der Waals surface area contributed by atoms with Gasteiger partial charge in [0.2, 0.25) is 0 Å². The molecule has 7 rings (SSSR count). The summed E-state index contributed by atoms with van der Waals surface area (Å²) in [6, 6.07) is 18.2. The molecule has 0 amide bonds. The maximum Gasteiger partial charge on any atom is 0.467 e. The summed E-state index contributed by atoms with van der Waals surface area (Å²) in [5.74, 6) is 4.50. The molecule has 4 heterocycles. The molecule has 12 bridgehead atoms. The lowest BCUT2D eigenvalue weighted by Crippen LogP contribution is -2.61. The number of hydrogen-bond donors (Lipinski definition) is 0. The first kappa shape index (κ1) is 44.6. The number of hydrogen-bond acceptors (Lipinski definition) is 9. The highest BCUT2D eigenvalue weighted by Gasteiger charge is 2.44. The fourth-order valence-corrected chi connectivity index (χ4v) is 8.53. The van der Waals surface area contributed by atoms with E-state index in [0.29, 0.717) is 39.6 Å². The lowest BCUT2D eigenvalue weighted by molar-refractivity contribution is 0.288. The maximum atomic E-state index is 6.84. The third-order valence-corrected chi connectivity index (χ3v) is 12.0. The van der Waals surface area contributed by atoms with Crippen LogP contribution in [0.4, 0.5) is 0 Å². The molecule has 0 saturated carbocycles. The maximum absolute atomic E-state index is 6.84. The van der Waals surface area contributed by atoms with Crippen LogP contribution < -0.4 is 44.8 Å². The summed E-state index contributed by atoms with van der Waals surface area (Å²) in [6.07, 6.45) is 27.7. The normalized spacial score (nSPS) is 20.5. The van der Waals surface area contributed by atoms with Crippen molar-refractivity contribution in [3.05, 3.63) is 54.6 Å². The number of ether oxygens (including phenoxy) is 6. The molecule has 4 aliphatic rings. The Morgan fingerprint density at radius 2 is 0.383 bits per heavy atom. The van der Waals surface area contributed by atoms with E-state index in [-0.39, 0.29) is 0 Å². The van der Waals surface area contributed by atoms with Gasteiger partial charge in [-0.1, -0.05) is 116 Å². The summed E-state index contributed by atoms with van der Waals surface area (Å²) < 4.78 is 59.2. The van der Waals surface area contributed by atoms with Crippen molar-refractivity contribution in [3.63, 3.8) is 0 Å². The van der Waals surface area contributed by atoms with E-state index < -0.39 is 21.4 Å². The van der Waals surface area contributed by atoms with Crippen molar-refractivity contribution in [2.45, 2.75) is 154 Å². The van der Waals surface area contributed by atoms with Gasteiger partial charge in [-0.15, -0.1) is 0 Å². The molecule has 1 saturated heterocycles. The van der Waals surface area contributed by atoms with Crippen molar-refractivity contribution >= 4 is 37.7 Å². The molecule has 60 heavy (non-hydrogen) atoms. The monoisotopic (exact) mass is 823 g/mol. The molecular weight excluding hydrogens is 753 g/mol. The van der Waals surface area contributed by atoms with Gasteiger partial charge < -0.3 is 42.1 Å². The lowest BCUT2D eigenvalue weighted by atomic mass is 9.61. The van der Waals surface area contributed by atoms with Gasteiger partial charge in [-0.05, 0) is 91.3 Å². The zero-order valence-electron chi connectivity index (χ0n) is 36.3. The Morgan fingerprint density at radius 1 is 0.217 bits per heavy atom. The van der Waals surface area contributed by atoms with E-state index in [2.05, 4.69) is 0 Å². The Hall–Kier alpha value is -3.47. The highest BCUT2D eigenvalue weighted by atomic mass is 16.7. The standard InChI is InChI=1S/C48H69B3O9/c1-2-8-14-20-26-53-44-32-41-34-46(38-44)55-28-22-16-10-5-6-12-18-24-30-57-48-36-42-35-47(39-48)56-29-23-17-11-4-3-9-15-21-27-54-45-33-40(49-58-50(41)60-51(42)59-49)31-43(37-45)52-25-19-13-7-1/h31-39H,1-30H2. The molecule has 0 aliphatic carbocycles. The average molecular weight is 823 g/mol. The van der Waals surface area contributed by atoms with Crippen molar-refractivity contribution < 1.29 is 42.1 Å². The van der Waals surface area contributed by atoms with E-state index in [1.54, 1.807) is 0 Å². The second-order valence-electron chi connectivity index (χ2n) is 17.2. The average Bonchev–Trinajstić information content (AvgIpc) is 3.26. The summed E-state index contributed by atoms with van der Waals surface area (Å²) in [6.45, 7) is 3.87. The Morgan fingerprint density at radius 3 is 0.567 bits per heavy atom. The Balaban J connectivity index is 1.27. The quantitative estimate of drug-likeness (QED) is 0.206. The molecule has 0 unspecified atom stereocenters. The van der Waals surface area contributed by atoms with E-state index in [4.69, 9.17) is 42.1 Å². The van der Waals surface area contributed by atoms with Gasteiger partial charge in [-0.25, -0.2) is 0 Å². The van der Waals surface area contributed by atoms with Crippen LogP contribution in [0.1, 0.15) is 154 Å². The second-order valence-corrected chi connectivity index (χ2v) is 17.2. The van der Waals surface area contributed by atoms with E-state index in [0.717, 1.165) is 128 Å². The van der Waals surface area contributed by atoms with Crippen LogP contribution in [0.3, 0.4) is 0 Å². The molecule has 0 N–H and O–H groups in total. The van der Waals surface area contributed by atoms with Crippen molar-refractivity contribution in [2.24, 2.45) is 0 Å². The van der Waals surface area contributed by atoms with Crippen molar-refractivity contribution in [1.29, 1.82) is 0 Å². The fraction of sp³-hybridized carbons (Fsp3) is 0.625. The summed E-state index contributed by atoms with van der Waals surface area (Å²) >= 11 is 0. The van der Waals surface area contributed by atoms with Crippen LogP contribution >= 0.6 is 0 Å². The Kier molecular flexibility index (Phi) is 18.9. The summed E-state index contributed by atoms with van der Waals surface area (Å²) in [5.41, 5.74) is 2.41. The van der Waals surface area contributed by atoms with Crippen LogP contribution in [-0.4, -0.2) is 61.0 Å². The Labute approximate surface area is 361 Å². The molecule has 324 valence electrons. The van der Waals surface area contributed by atoms with E-state index in [1.165, 1.54) is 77.0 Å². The molecule has 1 fully saturated rings. The van der Waals surface area contributed by atoms with Crippen LogP contribution in [-0.2, 0) is 13.7 Å². The molecule has 0 radical (unpaired) electrons. The summed E-state index contributed by atoms with van der Waals surface area (Å²) in [4.78, 5) is 0. The van der Waals surface area contributed by atoms with Crippen LogP contribution in [0.5, 0.6) is 34.5 Å². The van der Waals surface area contributed by atoms with Crippen LogP contribution in [0.15, 0.2) is 54.6 Å². The predicted molar refractivity (Wildman–Crippen MR) is 243 cm³/mol. The SMILES string of the molecule is c1c2cc3cc1OCCCCCCCCCCOc1cc4cc(c1)B1OB3OB(O1)c1cc(cc(c1)OCCCCCCCCCCO4)OCCCCCCCCCCO2.